The second-order valence-corrected chi connectivity index (χ2v) is 13.8. The van der Waals surface area contributed by atoms with Gasteiger partial charge in [-0.05, 0) is 73.4 Å². The highest BCUT2D eigenvalue weighted by atomic mass is 16.5. The number of hydrogen-bond acceptors (Lipinski definition) is 7. The molecule has 0 unspecified atom stereocenters. The third-order valence-corrected chi connectivity index (χ3v) is 9.31. The standard InChI is InChI=1S/C43H54N4O5/c1-4-5-6-7-10-25-52-38-22-20-33(21-23-38)37-28-45-41(46-29-37)35-14-12-31(13-15-35)26-36(42(49)47-39(43(50)51)11-8-9-24-44)27-40(48)34-18-16-32(17-19-34)30(2)3/h12-23,28-30,36,39H,4-11,24-27,44H2,1-3H3,(H,47,49)(H,50,51)/t36-,39+/m1/s1. The van der Waals surface area contributed by atoms with E-state index in [1.54, 1.807) is 24.5 Å². The van der Waals surface area contributed by atoms with Crippen molar-refractivity contribution >= 4 is 17.7 Å². The van der Waals surface area contributed by atoms with Crippen molar-refractivity contribution in [3.63, 3.8) is 0 Å². The number of aliphatic carboxylic acids is 1. The minimum atomic E-state index is -1.11. The topological polar surface area (TPSA) is 144 Å². The molecule has 52 heavy (non-hydrogen) atoms. The Balaban J connectivity index is 1.42. The molecule has 0 aliphatic carbocycles. The Morgan fingerprint density at radius 3 is 2.06 bits per heavy atom. The lowest BCUT2D eigenvalue weighted by Gasteiger charge is -2.20. The number of ketones is 1. The van der Waals surface area contributed by atoms with Gasteiger partial charge in [-0.25, -0.2) is 14.8 Å². The molecule has 0 radical (unpaired) electrons. The van der Waals surface area contributed by atoms with E-state index in [1.165, 1.54) is 25.7 Å². The molecule has 4 aromatic rings. The van der Waals surface area contributed by atoms with E-state index in [1.807, 2.05) is 60.7 Å². The van der Waals surface area contributed by atoms with Gasteiger partial charge in [-0.15, -0.1) is 0 Å². The minimum absolute atomic E-state index is 0.0551. The van der Waals surface area contributed by atoms with Crippen molar-refractivity contribution in [3.05, 3.63) is 102 Å². The van der Waals surface area contributed by atoms with Crippen molar-refractivity contribution in [3.8, 4) is 28.3 Å². The molecule has 0 aliphatic heterocycles. The van der Waals surface area contributed by atoms with E-state index in [0.717, 1.165) is 46.6 Å². The third-order valence-electron chi connectivity index (χ3n) is 9.31. The van der Waals surface area contributed by atoms with Gasteiger partial charge in [-0.2, -0.15) is 0 Å². The first-order chi connectivity index (χ1) is 25.2. The van der Waals surface area contributed by atoms with E-state index in [2.05, 4.69) is 36.1 Å². The number of unbranched alkanes of at least 4 members (excludes halogenated alkanes) is 5. The molecule has 1 heterocycles. The average Bonchev–Trinajstić information content (AvgIpc) is 3.16. The van der Waals surface area contributed by atoms with Crippen LogP contribution in [0.3, 0.4) is 0 Å². The molecule has 0 aliphatic rings. The summed E-state index contributed by atoms with van der Waals surface area (Å²) in [7, 11) is 0. The zero-order valence-electron chi connectivity index (χ0n) is 30.9. The Labute approximate surface area is 308 Å². The molecule has 0 bridgehead atoms. The number of benzene rings is 3. The van der Waals surface area contributed by atoms with Crippen LogP contribution in [-0.2, 0) is 16.0 Å². The van der Waals surface area contributed by atoms with E-state index >= 15 is 0 Å². The predicted molar refractivity (Wildman–Crippen MR) is 206 cm³/mol. The van der Waals surface area contributed by atoms with Crippen LogP contribution < -0.4 is 15.8 Å². The van der Waals surface area contributed by atoms with Gasteiger partial charge < -0.3 is 20.9 Å². The van der Waals surface area contributed by atoms with Gasteiger partial charge in [0.05, 0.1) is 6.61 Å². The number of nitrogens with two attached hydrogens (primary N) is 1. The van der Waals surface area contributed by atoms with Crippen LogP contribution >= 0.6 is 0 Å². The number of hydrogen-bond donors (Lipinski definition) is 3. The molecule has 1 aromatic heterocycles. The van der Waals surface area contributed by atoms with Crippen molar-refractivity contribution < 1.29 is 24.2 Å². The van der Waals surface area contributed by atoms with Gasteiger partial charge in [0.1, 0.15) is 11.8 Å². The van der Waals surface area contributed by atoms with Crippen molar-refractivity contribution in [1.29, 1.82) is 0 Å². The Bertz CT molecular complexity index is 1690. The van der Waals surface area contributed by atoms with Gasteiger partial charge in [0.25, 0.3) is 0 Å². The lowest BCUT2D eigenvalue weighted by molar-refractivity contribution is -0.142. The summed E-state index contributed by atoms with van der Waals surface area (Å²) in [6.07, 6.45) is 11.3. The van der Waals surface area contributed by atoms with E-state index < -0.39 is 23.8 Å². The SMILES string of the molecule is CCCCCCCOc1ccc(-c2cnc(-c3ccc(C[C@H](CC(=O)c4ccc(C(C)C)cc4)C(=O)N[C@@H](CCCCN)C(=O)O)cc3)nc2)cc1. The number of amides is 1. The van der Waals surface area contributed by atoms with Crippen LogP contribution in [0.25, 0.3) is 22.5 Å². The Morgan fingerprint density at radius 1 is 0.788 bits per heavy atom. The van der Waals surface area contributed by atoms with Crippen LogP contribution in [0.15, 0.2) is 85.2 Å². The number of carbonyl (C=O) groups is 3. The van der Waals surface area contributed by atoms with Crippen LogP contribution in [0.5, 0.6) is 5.75 Å². The number of carbonyl (C=O) groups excluding carboxylic acids is 2. The van der Waals surface area contributed by atoms with Gasteiger partial charge in [-0.1, -0.05) is 107 Å². The van der Waals surface area contributed by atoms with Crippen molar-refractivity contribution in [2.24, 2.45) is 11.7 Å². The molecule has 0 fully saturated rings. The predicted octanol–water partition coefficient (Wildman–Crippen LogP) is 8.41. The molecule has 9 heteroatoms. The van der Waals surface area contributed by atoms with E-state index in [-0.39, 0.29) is 25.0 Å². The Hall–Kier alpha value is -4.89. The van der Waals surface area contributed by atoms with Crippen LogP contribution in [-0.4, -0.2) is 51.9 Å². The zero-order valence-corrected chi connectivity index (χ0v) is 30.9. The Morgan fingerprint density at radius 2 is 1.44 bits per heavy atom. The maximum absolute atomic E-state index is 13.6. The fourth-order valence-electron chi connectivity index (χ4n) is 6.03. The molecule has 2 atom stereocenters. The molecule has 4 rings (SSSR count). The summed E-state index contributed by atoms with van der Waals surface area (Å²) in [5, 5.41) is 12.5. The summed E-state index contributed by atoms with van der Waals surface area (Å²) < 4.78 is 5.90. The quantitative estimate of drug-likeness (QED) is 0.0546. The van der Waals surface area contributed by atoms with Crippen molar-refractivity contribution in [2.75, 3.05) is 13.2 Å². The summed E-state index contributed by atoms with van der Waals surface area (Å²) in [6.45, 7) is 7.55. The maximum Gasteiger partial charge on any atom is 0.326 e. The normalized spacial score (nSPS) is 12.3. The van der Waals surface area contributed by atoms with Gasteiger partial charge in [-0.3, -0.25) is 9.59 Å². The van der Waals surface area contributed by atoms with Crippen LogP contribution in [0.1, 0.15) is 106 Å². The first kappa shape index (κ1) is 39.9. The third kappa shape index (κ3) is 12.4. The number of carboxylic acids is 1. The number of nitrogens with one attached hydrogen (secondary N) is 1. The molecule has 276 valence electrons. The molecule has 4 N–H and O–H groups in total. The highest BCUT2D eigenvalue weighted by Gasteiger charge is 2.28. The summed E-state index contributed by atoms with van der Waals surface area (Å²) in [5.41, 5.74) is 10.8. The molecule has 9 nitrogen and oxygen atoms in total. The van der Waals surface area contributed by atoms with E-state index in [4.69, 9.17) is 10.5 Å². The number of aromatic nitrogens is 2. The van der Waals surface area contributed by atoms with E-state index in [0.29, 0.717) is 36.7 Å². The number of carboxylic acid groups (broad SMARTS) is 1. The van der Waals surface area contributed by atoms with E-state index in [9.17, 15) is 19.5 Å². The van der Waals surface area contributed by atoms with Crippen LogP contribution in [0.4, 0.5) is 0 Å². The fourth-order valence-corrected chi connectivity index (χ4v) is 6.03. The fraction of sp³-hybridized carbons (Fsp3) is 0.419. The largest absolute Gasteiger partial charge is 0.494 e. The van der Waals surface area contributed by atoms with Gasteiger partial charge in [0, 0.05) is 41.4 Å². The van der Waals surface area contributed by atoms with Crippen LogP contribution in [0.2, 0.25) is 0 Å². The van der Waals surface area contributed by atoms with Gasteiger partial charge in [0.2, 0.25) is 5.91 Å². The second kappa shape index (κ2) is 20.8. The molecule has 0 saturated heterocycles. The number of Topliss-reactive ketones (excluding diaryl/α,β-unsaturated/α-hetero) is 1. The van der Waals surface area contributed by atoms with Crippen molar-refractivity contribution in [2.45, 2.75) is 96.9 Å². The molecular formula is C43H54N4O5. The van der Waals surface area contributed by atoms with Crippen LogP contribution in [0, 0.1) is 5.92 Å². The summed E-state index contributed by atoms with van der Waals surface area (Å²) in [5.74, 6) is -0.761. The molecule has 3 aromatic carbocycles. The number of rotatable bonds is 22. The zero-order chi connectivity index (χ0) is 37.3. The molecule has 0 saturated carbocycles. The first-order valence-corrected chi connectivity index (χ1v) is 18.7. The first-order valence-electron chi connectivity index (χ1n) is 18.7. The summed E-state index contributed by atoms with van der Waals surface area (Å²) >= 11 is 0. The number of nitrogens with zero attached hydrogens (tertiary/aromatic N) is 2. The highest BCUT2D eigenvalue weighted by Crippen LogP contribution is 2.25. The maximum atomic E-state index is 13.6. The highest BCUT2D eigenvalue weighted by molar-refractivity contribution is 5.99. The Kier molecular flexibility index (Phi) is 16.0. The lowest BCUT2D eigenvalue weighted by atomic mass is 9.90. The second-order valence-electron chi connectivity index (χ2n) is 13.8. The summed E-state index contributed by atoms with van der Waals surface area (Å²) in [4.78, 5) is 48.2. The molecule has 1 amide bonds. The number of ether oxygens (including phenoxy) is 1. The van der Waals surface area contributed by atoms with Gasteiger partial charge in [0.15, 0.2) is 11.6 Å². The molecular weight excluding hydrogens is 652 g/mol. The molecule has 0 spiro atoms. The lowest BCUT2D eigenvalue weighted by Crippen LogP contribution is -2.44. The summed E-state index contributed by atoms with van der Waals surface area (Å²) in [6, 6.07) is 21.9. The minimum Gasteiger partial charge on any atom is -0.494 e. The monoisotopic (exact) mass is 706 g/mol. The average molecular weight is 707 g/mol. The van der Waals surface area contributed by atoms with Gasteiger partial charge >= 0.3 is 5.97 Å². The van der Waals surface area contributed by atoms with Crippen molar-refractivity contribution in [1.82, 2.24) is 15.3 Å². The smallest absolute Gasteiger partial charge is 0.326 e.